The molecule has 9 heteroatoms. The van der Waals surface area contributed by atoms with Crippen LogP contribution in [0, 0.1) is 0 Å². The molecule has 0 aliphatic carbocycles. The van der Waals surface area contributed by atoms with E-state index in [1.807, 2.05) is 13.8 Å². The second kappa shape index (κ2) is 8.90. The summed E-state index contributed by atoms with van der Waals surface area (Å²) in [4.78, 5) is 11.2. The Morgan fingerprint density at radius 3 is 2.16 bits per heavy atom. The largest absolute Gasteiger partial charge is 0.399 e. The highest BCUT2D eigenvalue weighted by Gasteiger charge is 2.10. The van der Waals surface area contributed by atoms with Crippen molar-refractivity contribution in [3.63, 3.8) is 0 Å². The average Bonchev–Trinajstić information content (AvgIpc) is 2.62. The Morgan fingerprint density at radius 2 is 1.64 bits per heavy atom. The number of rotatable bonds is 5. The van der Waals surface area contributed by atoms with Gasteiger partial charge in [0, 0.05) is 11.3 Å². The number of nitrogens with one attached hydrogen (secondary N) is 1. The normalized spacial score (nSPS) is 11.0. The third-order valence-electron chi connectivity index (χ3n) is 3.00. The first kappa shape index (κ1) is 20.3. The van der Waals surface area contributed by atoms with Crippen molar-refractivity contribution in [2.24, 2.45) is 10.2 Å². The lowest BCUT2D eigenvalue weighted by Gasteiger charge is -2.04. The van der Waals surface area contributed by atoms with Crippen molar-refractivity contribution in [3.8, 4) is 0 Å². The number of benzene rings is 2. The van der Waals surface area contributed by atoms with Gasteiger partial charge in [-0.15, -0.1) is 5.11 Å². The molecule has 0 unspecified atom stereocenters. The minimum Gasteiger partial charge on any atom is -0.399 e. The molecule has 2 aromatic rings. The van der Waals surface area contributed by atoms with Crippen LogP contribution in [-0.2, 0) is 10.0 Å². The van der Waals surface area contributed by atoms with Crippen molar-refractivity contribution in [2.75, 3.05) is 18.5 Å². The fourth-order valence-electron chi connectivity index (χ4n) is 1.83. The van der Waals surface area contributed by atoms with Gasteiger partial charge in [0.25, 0.3) is 0 Å². The van der Waals surface area contributed by atoms with Gasteiger partial charge in [-0.3, -0.25) is 4.79 Å². The summed E-state index contributed by atoms with van der Waals surface area (Å²) >= 11 is 0. The van der Waals surface area contributed by atoms with Gasteiger partial charge < -0.3 is 11.5 Å². The molecule has 0 heterocycles. The number of nitrogens with zero attached hydrogens (tertiary/aromatic N) is 2. The third kappa shape index (κ3) is 5.10. The van der Waals surface area contributed by atoms with E-state index in [-0.39, 0.29) is 21.8 Å². The smallest absolute Gasteiger partial charge is 0.240 e. The molecule has 2 aromatic carbocycles. The molecular weight excluding hydrogens is 342 g/mol. The Hall–Kier alpha value is -2.78. The van der Waals surface area contributed by atoms with Crippen LogP contribution in [0.1, 0.15) is 24.2 Å². The lowest BCUT2D eigenvalue weighted by atomic mass is 10.1. The Balaban J connectivity index is 0.00000151. The number of nitrogens with two attached hydrogens (primary N) is 2. The molecule has 0 aliphatic rings. The van der Waals surface area contributed by atoms with Gasteiger partial charge in [0.2, 0.25) is 10.0 Å². The highest BCUT2D eigenvalue weighted by molar-refractivity contribution is 7.89. The molecule has 2 rings (SSSR count). The van der Waals surface area contributed by atoms with Crippen LogP contribution in [0.3, 0.4) is 0 Å². The number of aldehydes is 1. The van der Waals surface area contributed by atoms with Crippen molar-refractivity contribution in [2.45, 2.75) is 18.7 Å². The summed E-state index contributed by atoms with van der Waals surface area (Å²) in [5.74, 6) is 0. The van der Waals surface area contributed by atoms with Gasteiger partial charge in [-0.05, 0) is 43.4 Å². The molecule has 0 aliphatic heterocycles. The Morgan fingerprint density at radius 1 is 1.04 bits per heavy atom. The van der Waals surface area contributed by atoms with Gasteiger partial charge >= 0.3 is 0 Å². The Labute approximate surface area is 147 Å². The number of carbonyl (C=O) groups excluding carboxylic acids is 1. The van der Waals surface area contributed by atoms with Gasteiger partial charge in [-0.1, -0.05) is 13.8 Å². The van der Waals surface area contributed by atoms with Crippen molar-refractivity contribution >= 4 is 39.1 Å². The molecule has 0 aromatic heterocycles. The zero-order chi connectivity index (χ0) is 19.0. The van der Waals surface area contributed by atoms with Crippen LogP contribution < -0.4 is 16.2 Å². The predicted molar refractivity (Wildman–Crippen MR) is 98.9 cm³/mol. The fourth-order valence-corrected chi connectivity index (χ4v) is 2.56. The molecular formula is C16H21N5O3S. The van der Waals surface area contributed by atoms with E-state index in [4.69, 9.17) is 11.5 Å². The van der Waals surface area contributed by atoms with Crippen LogP contribution >= 0.6 is 0 Å². The number of hydrogen-bond acceptors (Lipinski definition) is 7. The maximum Gasteiger partial charge on any atom is 0.240 e. The van der Waals surface area contributed by atoms with E-state index in [1.165, 1.54) is 43.4 Å². The number of nitrogen functional groups attached to an aromatic ring is 2. The molecule has 134 valence electrons. The van der Waals surface area contributed by atoms with Crippen LogP contribution in [0.15, 0.2) is 51.5 Å². The average molecular weight is 363 g/mol. The van der Waals surface area contributed by atoms with Crippen molar-refractivity contribution < 1.29 is 13.2 Å². The molecule has 25 heavy (non-hydrogen) atoms. The third-order valence-corrected chi connectivity index (χ3v) is 4.43. The van der Waals surface area contributed by atoms with Crippen LogP contribution in [0.2, 0.25) is 0 Å². The fraction of sp³-hybridized carbons (Fsp3) is 0.188. The monoisotopic (exact) mass is 363 g/mol. The van der Waals surface area contributed by atoms with Crippen molar-refractivity contribution in [3.05, 3.63) is 42.0 Å². The van der Waals surface area contributed by atoms with E-state index in [0.717, 1.165) is 0 Å². The summed E-state index contributed by atoms with van der Waals surface area (Å²) in [6, 6.07) is 8.69. The molecule has 0 saturated carbocycles. The minimum atomic E-state index is -3.51. The quantitative estimate of drug-likeness (QED) is 0.425. The number of anilines is 2. The van der Waals surface area contributed by atoms with Crippen LogP contribution in [0.25, 0.3) is 0 Å². The maximum atomic E-state index is 11.6. The van der Waals surface area contributed by atoms with E-state index < -0.39 is 10.0 Å². The molecule has 8 nitrogen and oxygen atoms in total. The van der Waals surface area contributed by atoms with E-state index in [0.29, 0.717) is 17.7 Å². The first-order valence-electron chi connectivity index (χ1n) is 7.47. The Kier molecular flexibility index (Phi) is 7.22. The lowest BCUT2D eigenvalue weighted by Crippen LogP contribution is -2.18. The molecule has 0 amide bonds. The molecule has 5 N–H and O–H groups in total. The number of hydrogen-bond donors (Lipinski definition) is 3. The summed E-state index contributed by atoms with van der Waals surface area (Å²) in [5, 5.41) is 7.90. The van der Waals surface area contributed by atoms with Crippen LogP contribution in [0.4, 0.5) is 22.7 Å². The number of sulfonamides is 1. The van der Waals surface area contributed by atoms with Crippen molar-refractivity contribution in [1.29, 1.82) is 0 Å². The first-order chi connectivity index (χ1) is 11.9. The van der Waals surface area contributed by atoms with Crippen LogP contribution in [-0.4, -0.2) is 21.8 Å². The van der Waals surface area contributed by atoms with Gasteiger partial charge in [0.05, 0.1) is 16.3 Å². The number of carbonyl (C=O) groups is 1. The molecule has 0 radical (unpaired) electrons. The van der Waals surface area contributed by atoms with Crippen molar-refractivity contribution in [1.82, 2.24) is 4.72 Å². The summed E-state index contributed by atoms with van der Waals surface area (Å²) < 4.78 is 25.5. The summed E-state index contributed by atoms with van der Waals surface area (Å²) in [6.45, 7) is 4.00. The predicted octanol–water partition coefficient (Wildman–Crippen LogP) is 3.01. The second-order valence-corrected chi connectivity index (χ2v) is 6.45. The summed E-state index contributed by atoms with van der Waals surface area (Å²) in [6.07, 6.45) is 0.587. The number of azo groups is 1. The van der Waals surface area contributed by atoms with Gasteiger partial charge in [-0.25, -0.2) is 13.1 Å². The van der Waals surface area contributed by atoms with E-state index in [2.05, 4.69) is 15.0 Å². The molecule has 0 fully saturated rings. The second-order valence-electron chi connectivity index (χ2n) is 4.57. The lowest BCUT2D eigenvalue weighted by molar-refractivity contribution is 0.112. The molecule has 0 saturated heterocycles. The minimum absolute atomic E-state index is 0.111. The Bertz CT molecular complexity index is 862. The zero-order valence-electron chi connectivity index (χ0n) is 14.2. The molecule has 0 spiro atoms. The van der Waals surface area contributed by atoms with E-state index in [1.54, 1.807) is 0 Å². The topological polar surface area (TPSA) is 140 Å². The molecule has 0 bridgehead atoms. The van der Waals surface area contributed by atoms with Gasteiger partial charge in [0.15, 0.2) is 6.29 Å². The highest BCUT2D eigenvalue weighted by Crippen LogP contribution is 2.30. The first-order valence-corrected chi connectivity index (χ1v) is 8.95. The SMILES string of the molecule is CC.CNS(=O)(=O)c1ccc(N=Nc2c(N)cc(N)cc2C=O)cc1. The molecule has 0 atom stereocenters. The highest BCUT2D eigenvalue weighted by atomic mass is 32.2. The summed E-state index contributed by atoms with van der Waals surface area (Å²) in [5.41, 5.74) is 12.8. The van der Waals surface area contributed by atoms with E-state index in [9.17, 15) is 13.2 Å². The van der Waals surface area contributed by atoms with Crippen LogP contribution in [0.5, 0.6) is 0 Å². The summed E-state index contributed by atoms with van der Waals surface area (Å²) in [7, 11) is -2.18. The van der Waals surface area contributed by atoms with Gasteiger partial charge in [-0.2, -0.15) is 5.11 Å². The maximum absolute atomic E-state index is 11.6. The van der Waals surface area contributed by atoms with Gasteiger partial charge in [0.1, 0.15) is 5.69 Å². The van der Waals surface area contributed by atoms with E-state index >= 15 is 0 Å². The zero-order valence-corrected chi connectivity index (χ0v) is 15.0. The standard InChI is InChI=1S/C14H15N5O3S.C2H6/c1-17-23(21,22)12-4-2-11(3-5-12)18-19-14-9(8-20)6-10(15)7-13(14)16;1-2/h2-8,17H,15-16H2,1H3;1-2H3.